The third-order valence-electron chi connectivity index (χ3n) is 6.63. The van der Waals surface area contributed by atoms with Crippen LogP contribution < -0.4 is 0 Å². The number of esters is 2. The van der Waals surface area contributed by atoms with Crippen molar-refractivity contribution in [3.8, 4) is 33.9 Å². The van der Waals surface area contributed by atoms with Gasteiger partial charge in [0.1, 0.15) is 22.5 Å². The van der Waals surface area contributed by atoms with Gasteiger partial charge in [-0.2, -0.15) is 10.2 Å². The van der Waals surface area contributed by atoms with Gasteiger partial charge < -0.3 is 9.47 Å². The fourth-order valence-electron chi connectivity index (χ4n) is 4.73. The summed E-state index contributed by atoms with van der Waals surface area (Å²) in [6.07, 6.45) is 0. The van der Waals surface area contributed by atoms with Crippen LogP contribution in [0.4, 0.5) is 0 Å². The van der Waals surface area contributed by atoms with Crippen LogP contribution in [0.2, 0.25) is 0 Å². The molecule has 0 aliphatic carbocycles. The summed E-state index contributed by atoms with van der Waals surface area (Å²) >= 11 is 0. The molecule has 8 nitrogen and oxygen atoms in total. The Morgan fingerprint density at radius 2 is 0.950 bits per heavy atom. The second-order valence-corrected chi connectivity index (χ2v) is 9.13. The molecule has 2 aromatic heterocycles. The summed E-state index contributed by atoms with van der Waals surface area (Å²) in [4.78, 5) is 26.0. The molecule has 2 heterocycles. The molecule has 0 saturated heterocycles. The number of nitrogens with zero attached hydrogens (tertiary/aromatic N) is 4. The van der Waals surface area contributed by atoms with Gasteiger partial charge in [-0.05, 0) is 52.0 Å². The SMILES string of the molecule is CCOC(=O)c1c(-c2ccc(-c3nn(-c4ccccc4)c(C)c3C(=O)OCC)cc2)nn(-c2ccccc2)c1C. The Bertz CT molecular complexity index is 1530. The maximum atomic E-state index is 13.0. The third kappa shape index (κ3) is 4.91. The summed E-state index contributed by atoms with van der Waals surface area (Å²) in [5.74, 6) is -0.855. The molecule has 0 amide bonds. The Kier molecular flexibility index (Phi) is 7.59. The van der Waals surface area contributed by atoms with Crippen LogP contribution in [-0.4, -0.2) is 44.7 Å². The average Bonchev–Trinajstić information content (AvgIpc) is 3.51. The van der Waals surface area contributed by atoms with Gasteiger partial charge in [0.2, 0.25) is 0 Å². The fraction of sp³-hybridized carbons (Fsp3) is 0.188. The number of benzene rings is 3. The zero-order chi connectivity index (χ0) is 28.2. The molecule has 0 fully saturated rings. The van der Waals surface area contributed by atoms with Crippen LogP contribution in [0.15, 0.2) is 84.9 Å². The molecule has 0 spiro atoms. The highest BCUT2D eigenvalue weighted by molar-refractivity contribution is 5.99. The highest BCUT2D eigenvalue weighted by Crippen LogP contribution is 2.32. The summed E-state index contributed by atoms with van der Waals surface area (Å²) in [5.41, 5.74) is 6.39. The number of carbonyl (C=O) groups is 2. The maximum Gasteiger partial charge on any atom is 0.342 e. The Hall–Kier alpha value is -4.98. The lowest BCUT2D eigenvalue weighted by Crippen LogP contribution is -2.08. The number of carbonyl (C=O) groups excluding carboxylic acids is 2. The second kappa shape index (κ2) is 11.4. The van der Waals surface area contributed by atoms with Gasteiger partial charge in [0.25, 0.3) is 0 Å². The van der Waals surface area contributed by atoms with Gasteiger partial charge in [0.05, 0.1) is 36.0 Å². The molecule has 0 aliphatic rings. The van der Waals surface area contributed by atoms with Crippen LogP contribution in [-0.2, 0) is 9.47 Å². The number of aromatic nitrogens is 4. The van der Waals surface area contributed by atoms with Crippen molar-refractivity contribution in [1.82, 2.24) is 19.6 Å². The molecule has 0 radical (unpaired) electrons. The minimum Gasteiger partial charge on any atom is -0.462 e. The fourth-order valence-corrected chi connectivity index (χ4v) is 4.73. The smallest absolute Gasteiger partial charge is 0.342 e. The molecule has 0 unspecified atom stereocenters. The van der Waals surface area contributed by atoms with E-state index in [4.69, 9.17) is 19.7 Å². The van der Waals surface area contributed by atoms with E-state index in [9.17, 15) is 9.59 Å². The minimum absolute atomic E-state index is 0.257. The van der Waals surface area contributed by atoms with Gasteiger partial charge in [-0.1, -0.05) is 60.7 Å². The molecule has 0 bridgehead atoms. The topological polar surface area (TPSA) is 88.2 Å². The maximum absolute atomic E-state index is 13.0. The largest absolute Gasteiger partial charge is 0.462 e. The predicted octanol–water partition coefficient (Wildman–Crippen LogP) is 6.36. The van der Waals surface area contributed by atoms with E-state index in [1.807, 2.05) is 98.8 Å². The Balaban J connectivity index is 1.61. The molecule has 202 valence electrons. The van der Waals surface area contributed by atoms with Gasteiger partial charge in [0, 0.05) is 11.1 Å². The number of hydrogen-bond acceptors (Lipinski definition) is 6. The van der Waals surface area contributed by atoms with Crippen LogP contribution in [0.3, 0.4) is 0 Å². The van der Waals surface area contributed by atoms with E-state index in [2.05, 4.69) is 0 Å². The van der Waals surface area contributed by atoms with Crippen molar-refractivity contribution in [2.24, 2.45) is 0 Å². The van der Waals surface area contributed by atoms with Crippen molar-refractivity contribution in [3.05, 3.63) is 107 Å². The Morgan fingerprint density at radius 1 is 0.600 bits per heavy atom. The van der Waals surface area contributed by atoms with Crippen molar-refractivity contribution in [1.29, 1.82) is 0 Å². The van der Waals surface area contributed by atoms with Crippen LogP contribution in [0.5, 0.6) is 0 Å². The lowest BCUT2D eigenvalue weighted by molar-refractivity contribution is 0.0516. The van der Waals surface area contributed by atoms with E-state index in [1.54, 1.807) is 23.2 Å². The van der Waals surface area contributed by atoms with Crippen molar-refractivity contribution < 1.29 is 19.1 Å². The lowest BCUT2D eigenvalue weighted by atomic mass is 10.0. The van der Waals surface area contributed by atoms with Crippen molar-refractivity contribution in [3.63, 3.8) is 0 Å². The zero-order valence-electron chi connectivity index (χ0n) is 22.9. The van der Waals surface area contributed by atoms with Gasteiger partial charge in [-0.25, -0.2) is 19.0 Å². The predicted molar refractivity (Wildman–Crippen MR) is 153 cm³/mol. The van der Waals surface area contributed by atoms with E-state index in [0.717, 1.165) is 22.5 Å². The van der Waals surface area contributed by atoms with Gasteiger partial charge in [-0.3, -0.25) is 0 Å². The Labute approximate surface area is 232 Å². The molecular weight excluding hydrogens is 504 g/mol. The average molecular weight is 535 g/mol. The zero-order valence-corrected chi connectivity index (χ0v) is 22.9. The molecule has 5 rings (SSSR count). The van der Waals surface area contributed by atoms with Gasteiger partial charge >= 0.3 is 11.9 Å². The van der Waals surface area contributed by atoms with Gasteiger partial charge in [0.15, 0.2) is 0 Å². The summed E-state index contributed by atoms with van der Waals surface area (Å²) in [6, 6.07) is 26.8. The molecule has 0 N–H and O–H groups in total. The first-order valence-corrected chi connectivity index (χ1v) is 13.2. The van der Waals surface area contributed by atoms with Crippen molar-refractivity contribution in [2.75, 3.05) is 13.2 Å². The van der Waals surface area contributed by atoms with Crippen LogP contribution in [0, 0.1) is 13.8 Å². The van der Waals surface area contributed by atoms with E-state index < -0.39 is 11.9 Å². The number of rotatable bonds is 8. The molecular formula is C32H30N4O4. The molecule has 8 heteroatoms. The van der Waals surface area contributed by atoms with Crippen LogP contribution in [0.25, 0.3) is 33.9 Å². The normalized spacial score (nSPS) is 10.9. The standard InChI is InChI=1S/C32H30N4O4/c1-5-39-31(37)27-21(3)35(25-13-9-7-10-14-25)33-29(27)23-17-19-24(20-18-23)30-28(32(38)40-6-2)22(4)36(34-30)26-15-11-8-12-16-26/h7-20H,5-6H2,1-4H3. The number of ether oxygens (including phenoxy) is 2. The quantitative estimate of drug-likeness (QED) is 0.215. The minimum atomic E-state index is -0.428. The van der Waals surface area contributed by atoms with Crippen molar-refractivity contribution >= 4 is 11.9 Å². The monoisotopic (exact) mass is 534 g/mol. The van der Waals surface area contributed by atoms with E-state index in [-0.39, 0.29) is 13.2 Å². The highest BCUT2D eigenvalue weighted by Gasteiger charge is 2.26. The summed E-state index contributed by atoms with van der Waals surface area (Å²) in [5, 5.41) is 9.61. The van der Waals surface area contributed by atoms with Crippen LogP contribution in [0.1, 0.15) is 46.0 Å². The highest BCUT2D eigenvalue weighted by atomic mass is 16.5. The first-order valence-electron chi connectivity index (χ1n) is 13.2. The van der Waals surface area contributed by atoms with E-state index >= 15 is 0 Å². The van der Waals surface area contributed by atoms with Crippen LogP contribution >= 0.6 is 0 Å². The van der Waals surface area contributed by atoms with Gasteiger partial charge in [-0.15, -0.1) is 0 Å². The molecule has 0 aliphatic heterocycles. The number of para-hydroxylation sites is 2. The summed E-state index contributed by atoms with van der Waals surface area (Å²) in [7, 11) is 0. The molecule has 40 heavy (non-hydrogen) atoms. The molecule has 5 aromatic rings. The third-order valence-corrected chi connectivity index (χ3v) is 6.63. The Morgan fingerprint density at radius 3 is 1.27 bits per heavy atom. The molecule has 3 aromatic carbocycles. The summed E-state index contributed by atoms with van der Waals surface area (Å²) < 4.78 is 14.3. The molecule has 0 atom stereocenters. The first-order chi connectivity index (χ1) is 19.4. The van der Waals surface area contributed by atoms with Crippen molar-refractivity contribution in [2.45, 2.75) is 27.7 Å². The summed E-state index contributed by atoms with van der Waals surface area (Å²) in [6.45, 7) is 7.78. The number of hydrogen-bond donors (Lipinski definition) is 0. The molecule has 0 saturated carbocycles. The lowest BCUT2D eigenvalue weighted by Gasteiger charge is -2.06. The second-order valence-electron chi connectivity index (χ2n) is 9.13. The van der Waals surface area contributed by atoms with E-state index in [0.29, 0.717) is 33.9 Å². The van der Waals surface area contributed by atoms with E-state index in [1.165, 1.54) is 0 Å². The first kappa shape index (κ1) is 26.6.